The third kappa shape index (κ3) is 7.21. The average Bonchev–Trinajstić information content (AvgIpc) is 3.49. The smallest absolute Gasteiger partial charge is 0.321 e. The van der Waals surface area contributed by atoms with Crippen molar-refractivity contribution in [1.29, 1.82) is 0 Å². The van der Waals surface area contributed by atoms with Crippen LogP contribution in [0.4, 0.5) is 10.6 Å². The van der Waals surface area contributed by atoms with Crippen molar-refractivity contribution in [2.45, 2.75) is 70.1 Å². The summed E-state index contributed by atoms with van der Waals surface area (Å²) in [6, 6.07) is 11.8. The van der Waals surface area contributed by atoms with E-state index in [1.807, 2.05) is 60.5 Å². The largest absolute Gasteiger partial charge is 0.480 e. The van der Waals surface area contributed by atoms with Crippen molar-refractivity contribution in [3.05, 3.63) is 89.3 Å². The summed E-state index contributed by atoms with van der Waals surface area (Å²) in [5, 5.41) is 26.5. The topological polar surface area (TPSA) is 176 Å². The zero-order valence-electron chi connectivity index (χ0n) is 29.1. The number of hydrogen-bond donors (Lipinski definition) is 4. The maximum absolute atomic E-state index is 13.5. The summed E-state index contributed by atoms with van der Waals surface area (Å²) in [4.78, 5) is 50.2. The quantitative estimate of drug-likeness (QED) is 0.151. The zero-order valence-corrected chi connectivity index (χ0v) is 29.1. The molecule has 0 saturated carbocycles. The lowest BCUT2D eigenvalue weighted by Gasteiger charge is -2.35. The Kier molecular flexibility index (Phi) is 9.18. The predicted molar refractivity (Wildman–Crippen MR) is 186 cm³/mol. The number of benzene rings is 1. The van der Waals surface area contributed by atoms with Crippen molar-refractivity contribution >= 4 is 29.7 Å². The van der Waals surface area contributed by atoms with Crippen molar-refractivity contribution in [1.82, 2.24) is 40.1 Å². The molecular formula is C36H43N9O5. The lowest BCUT2D eigenvalue weighted by atomic mass is 9.81. The molecule has 0 spiro atoms. The highest BCUT2D eigenvalue weighted by Gasteiger charge is 2.38. The molecule has 6 rings (SSSR count). The van der Waals surface area contributed by atoms with E-state index >= 15 is 0 Å². The first kappa shape index (κ1) is 34.6. The second-order valence-corrected chi connectivity index (χ2v) is 14.8. The maximum Gasteiger partial charge on any atom is 0.321 e. The number of pyridine rings is 1. The number of carbonyl (C=O) groups excluding carboxylic acids is 3. The molecule has 1 aliphatic carbocycles. The summed E-state index contributed by atoms with van der Waals surface area (Å²) in [6.07, 6.45) is 4.99. The average molecular weight is 682 g/mol. The van der Waals surface area contributed by atoms with Gasteiger partial charge in [-0.1, -0.05) is 65.8 Å². The van der Waals surface area contributed by atoms with E-state index < -0.39 is 29.0 Å². The van der Waals surface area contributed by atoms with Crippen molar-refractivity contribution in [3.63, 3.8) is 0 Å². The fourth-order valence-electron chi connectivity index (χ4n) is 5.96. The minimum atomic E-state index is -1.51. The van der Waals surface area contributed by atoms with Gasteiger partial charge >= 0.3 is 6.03 Å². The van der Waals surface area contributed by atoms with Crippen LogP contribution in [0.1, 0.15) is 80.9 Å². The molecule has 50 heavy (non-hydrogen) atoms. The van der Waals surface area contributed by atoms with Gasteiger partial charge < -0.3 is 20.5 Å². The number of nitrogens with one attached hydrogen (secondary N) is 3. The van der Waals surface area contributed by atoms with Crippen molar-refractivity contribution in [2.75, 3.05) is 31.5 Å². The van der Waals surface area contributed by atoms with Gasteiger partial charge in [0.15, 0.2) is 11.9 Å². The number of ether oxygens (including phenoxy) is 1. The third-order valence-electron chi connectivity index (χ3n) is 8.65. The lowest BCUT2D eigenvalue weighted by Crippen LogP contribution is -2.52. The Bertz CT molecular complexity index is 1960. The first-order valence-electron chi connectivity index (χ1n) is 16.6. The molecule has 4 N–H and O–H groups in total. The summed E-state index contributed by atoms with van der Waals surface area (Å²) in [5.41, 5.74) is 0.285. The van der Waals surface area contributed by atoms with Gasteiger partial charge in [-0.2, -0.15) is 0 Å². The van der Waals surface area contributed by atoms with Crippen LogP contribution in [-0.4, -0.2) is 85.1 Å². The van der Waals surface area contributed by atoms with E-state index in [-0.39, 0.29) is 23.2 Å². The minimum Gasteiger partial charge on any atom is -0.480 e. The van der Waals surface area contributed by atoms with Crippen LogP contribution in [0.2, 0.25) is 0 Å². The first-order chi connectivity index (χ1) is 23.6. The first-order valence-corrected chi connectivity index (χ1v) is 16.6. The van der Waals surface area contributed by atoms with Gasteiger partial charge in [-0.15, -0.1) is 10.2 Å². The van der Waals surface area contributed by atoms with Crippen LogP contribution in [0.15, 0.2) is 60.8 Å². The number of aromatic nitrogens is 5. The molecule has 2 aliphatic rings. The lowest BCUT2D eigenvalue weighted by molar-refractivity contribution is -0.111. The number of β-amino-alcohol motifs (C(OH)–C–C–N with tert-alkyl or cyclic N) is 1. The summed E-state index contributed by atoms with van der Waals surface area (Å²) in [7, 11) is 0. The molecule has 1 saturated heterocycles. The number of aliphatic hydroxyl groups excluding tert-OH is 1. The third-order valence-corrected chi connectivity index (χ3v) is 8.65. The highest BCUT2D eigenvalue weighted by molar-refractivity contribution is 5.94. The van der Waals surface area contributed by atoms with Crippen LogP contribution in [0.5, 0.6) is 5.75 Å². The number of nitrogens with zero attached hydrogens (tertiary/aromatic N) is 6. The Labute approximate surface area is 290 Å². The van der Waals surface area contributed by atoms with Crippen molar-refractivity contribution in [2.24, 2.45) is 0 Å². The zero-order chi connectivity index (χ0) is 35.8. The van der Waals surface area contributed by atoms with Crippen LogP contribution < -0.4 is 20.7 Å². The molecule has 14 nitrogen and oxygen atoms in total. The molecule has 1 aromatic carbocycles. The van der Waals surface area contributed by atoms with E-state index in [0.29, 0.717) is 60.7 Å². The van der Waals surface area contributed by atoms with Crippen LogP contribution >= 0.6 is 0 Å². The van der Waals surface area contributed by atoms with Crippen LogP contribution in [0.25, 0.3) is 5.65 Å². The Morgan fingerprint density at radius 1 is 1.04 bits per heavy atom. The van der Waals surface area contributed by atoms with E-state index in [1.54, 1.807) is 30.4 Å². The van der Waals surface area contributed by atoms with Gasteiger partial charge in [-0.05, 0) is 29.8 Å². The SMILES string of the molecule is CC(C)(C)c1cc(NC(=O)N[C@@]2(C=O)C=C[C@@H](Oc3ccc4nnc(C(C)(C)C)n4c3)c3ccccc32)nc(C(=O)NCCN2CC(O)C2)n1. The molecule has 3 amide bonds. The Morgan fingerprint density at radius 2 is 1.80 bits per heavy atom. The number of amides is 3. The molecule has 3 aromatic heterocycles. The number of fused-ring (bicyclic) bond motifs is 2. The fraction of sp³-hybridized carbons (Fsp3) is 0.417. The van der Waals surface area contributed by atoms with Crippen molar-refractivity contribution < 1.29 is 24.2 Å². The van der Waals surface area contributed by atoms with E-state index in [2.05, 4.69) is 56.9 Å². The molecule has 14 heteroatoms. The summed E-state index contributed by atoms with van der Waals surface area (Å²) in [5.74, 6) is 0.895. The molecular weight excluding hydrogens is 638 g/mol. The number of rotatable bonds is 9. The second-order valence-electron chi connectivity index (χ2n) is 14.8. The van der Waals surface area contributed by atoms with Crippen molar-refractivity contribution in [3.8, 4) is 5.75 Å². The monoisotopic (exact) mass is 681 g/mol. The number of hydrogen-bond acceptors (Lipinski definition) is 10. The highest BCUT2D eigenvalue weighted by Crippen LogP contribution is 2.37. The van der Waals surface area contributed by atoms with Gasteiger partial charge in [-0.3, -0.25) is 24.2 Å². The number of carbonyl (C=O) groups is 3. The summed E-state index contributed by atoms with van der Waals surface area (Å²) < 4.78 is 8.33. The minimum absolute atomic E-state index is 0.0938. The fourth-order valence-corrected chi connectivity index (χ4v) is 5.96. The number of anilines is 1. The normalized spacial score (nSPS) is 19.4. The van der Waals surface area contributed by atoms with E-state index in [4.69, 9.17) is 4.74 Å². The molecule has 0 bridgehead atoms. The number of likely N-dealkylation sites (tertiary alicyclic amines) is 1. The standard InChI is InChI=1S/C36H43N9O5/c1-34(2,3)27-17-28(39-30(38-27)31(48)37-15-16-44-18-22(47)19-44)40-33(49)41-36(21-46)14-13-26(24-9-7-8-10-25(24)36)50-23-11-12-29-42-43-32(35(4,5)6)45(29)20-23/h7-14,17,20-22,26,47H,15-16,18-19H2,1-6H3,(H,37,48)(H2,38,39,40,41,49)/t26-,36-/m1/s1. The second kappa shape index (κ2) is 13.2. The number of aliphatic hydroxyl groups is 1. The molecule has 1 fully saturated rings. The van der Waals surface area contributed by atoms with Gasteiger partial charge in [0.05, 0.1) is 18.0 Å². The molecule has 0 radical (unpaired) electrons. The Hall–Kier alpha value is -5.21. The van der Waals surface area contributed by atoms with E-state index in [1.165, 1.54) is 0 Å². The Balaban J connectivity index is 1.20. The van der Waals surface area contributed by atoms with Gasteiger partial charge in [0.1, 0.15) is 29.0 Å². The maximum atomic E-state index is 13.5. The van der Waals surface area contributed by atoms with E-state index in [9.17, 15) is 19.5 Å². The van der Waals surface area contributed by atoms with Gasteiger partial charge in [0.2, 0.25) is 5.82 Å². The molecule has 262 valence electrons. The molecule has 2 atom stereocenters. The number of urea groups is 1. The summed E-state index contributed by atoms with van der Waals surface area (Å²) in [6.45, 7) is 14.1. The Morgan fingerprint density at radius 3 is 2.50 bits per heavy atom. The molecule has 0 unspecified atom stereocenters. The van der Waals surface area contributed by atoms with Crippen LogP contribution in [0, 0.1) is 0 Å². The van der Waals surface area contributed by atoms with Crippen LogP contribution in [0.3, 0.4) is 0 Å². The van der Waals surface area contributed by atoms with Crippen LogP contribution in [-0.2, 0) is 21.2 Å². The predicted octanol–water partition coefficient (Wildman–Crippen LogP) is 3.43. The van der Waals surface area contributed by atoms with Gasteiger partial charge in [0.25, 0.3) is 5.91 Å². The summed E-state index contributed by atoms with van der Waals surface area (Å²) >= 11 is 0. The van der Waals surface area contributed by atoms with Gasteiger partial charge in [0, 0.05) is 48.6 Å². The van der Waals surface area contributed by atoms with Gasteiger partial charge in [-0.25, -0.2) is 14.8 Å². The van der Waals surface area contributed by atoms with E-state index in [0.717, 1.165) is 5.82 Å². The number of aldehydes is 1. The molecule has 4 heterocycles. The molecule has 4 aromatic rings. The highest BCUT2D eigenvalue weighted by atomic mass is 16.5. The molecule has 1 aliphatic heterocycles.